The van der Waals surface area contributed by atoms with Crippen LogP contribution in [0.4, 0.5) is 0 Å². The van der Waals surface area contributed by atoms with Crippen molar-refractivity contribution >= 4 is 17.2 Å². The Balaban J connectivity index is 1.99. The van der Waals surface area contributed by atoms with Gasteiger partial charge in [0.25, 0.3) is 5.91 Å². The molecule has 0 saturated carbocycles. The predicted octanol–water partition coefficient (Wildman–Crippen LogP) is 1.64. The summed E-state index contributed by atoms with van der Waals surface area (Å²) in [7, 11) is 0. The van der Waals surface area contributed by atoms with E-state index < -0.39 is 0 Å². The van der Waals surface area contributed by atoms with Crippen molar-refractivity contribution in [3.63, 3.8) is 0 Å². The van der Waals surface area contributed by atoms with Crippen molar-refractivity contribution in [2.75, 3.05) is 19.8 Å². The second-order valence-electron chi connectivity index (χ2n) is 4.84. The maximum atomic E-state index is 12.3. The number of rotatable bonds is 3. The van der Waals surface area contributed by atoms with E-state index in [1.807, 2.05) is 12.3 Å². The van der Waals surface area contributed by atoms with E-state index in [2.05, 4.69) is 17.2 Å². The largest absolute Gasteiger partial charge is 0.384 e. The summed E-state index contributed by atoms with van der Waals surface area (Å²) < 4.78 is 5.34. The van der Waals surface area contributed by atoms with Crippen LogP contribution in [0, 0.1) is 17.8 Å². The maximum Gasteiger partial charge on any atom is 0.262 e. The standard InChI is InChI=1S/C15H19NO3S/c1-11(12-4-8-19-9-5-12)16-15(18)14-13(3-2-7-17)6-10-20-14/h6,10-12,17H,4-5,7-9H2,1H3,(H,16,18). The van der Waals surface area contributed by atoms with Crippen molar-refractivity contribution in [1.29, 1.82) is 0 Å². The molecule has 1 aromatic heterocycles. The molecule has 2 N–H and O–H groups in total. The summed E-state index contributed by atoms with van der Waals surface area (Å²) >= 11 is 1.38. The zero-order chi connectivity index (χ0) is 14.4. The van der Waals surface area contributed by atoms with Crippen LogP contribution in [0.3, 0.4) is 0 Å². The first-order valence-electron chi connectivity index (χ1n) is 6.78. The number of amides is 1. The molecule has 0 spiro atoms. The van der Waals surface area contributed by atoms with Gasteiger partial charge in [0, 0.05) is 24.8 Å². The second kappa shape index (κ2) is 7.44. The Morgan fingerprint density at radius 2 is 2.35 bits per heavy atom. The van der Waals surface area contributed by atoms with Crippen molar-refractivity contribution in [3.8, 4) is 11.8 Å². The van der Waals surface area contributed by atoms with Crippen LogP contribution in [0.1, 0.15) is 35.0 Å². The fourth-order valence-electron chi connectivity index (χ4n) is 2.32. The van der Waals surface area contributed by atoms with Gasteiger partial charge in [-0.05, 0) is 37.1 Å². The van der Waals surface area contributed by atoms with Crippen LogP contribution >= 0.6 is 11.3 Å². The van der Waals surface area contributed by atoms with E-state index in [1.165, 1.54) is 11.3 Å². The number of hydrogen-bond donors (Lipinski definition) is 2. The van der Waals surface area contributed by atoms with Crippen LogP contribution in [0.2, 0.25) is 0 Å². The Morgan fingerprint density at radius 3 is 3.05 bits per heavy atom. The first kappa shape index (κ1) is 15.0. The van der Waals surface area contributed by atoms with Crippen molar-refractivity contribution < 1.29 is 14.6 Å². The van der Waals surface area contributed by atoms with Crippen molar-refractivity contribution in [1.82, 2.24) is 5.32 Å². The molecule has 2 rings (SSSR count). The third-order valence-electron chi connectivity index (χ3n) is 3.51. The molecule has 0 aliphatic carbocycles. The molecule has 108 valence electrons. The van der Waals surface area contributed by atoms with Gasteiger partial charge in [-0.15, -0.1) is 11.3 Å². The zero-order valence-electron chi connectivity index (χ0n) is 11.5. The van der Waals surface area contributed by atoms with Gasteiger partial charge in [0.05, 0.1) is 0 Å². The predicted molar refractivity (Wildman–Crippen MR) is 78.8 cm³/mol. The Bertz CT molecular complexity index is 509. The highest BCUT2D eigenvalue weighted by molar-refractivity contribution is 7.12. The topological polar surface area (TPSA) is 58.6 Å². The van der Waals surface area contributed by atoms with Gasteiger partial charge in [0.15, 0.2) is 0 Å². The lowest BCUT2D eigenvalue weighted by Gasteiger charge is -2.28. The molecule has 1 unspecified atom stereocenters. The quantitative estimate of drug-likeness (QED) is 0.833. The normalized spacial score (nSPS) is 17.1. The highest BCUT2D eigenvalue weighted by Crippen LogP contribution is 2.20. The molecule has 1 aliphatic heterocycles. The van der Waals surface area contributed by atoms with Gasteiger partial charge in [0.1, 0.15) is 11.5 Å². The lowest BCUT2D eigenvalue weighted by Crippen LogP contribution is -2.40. The molecule has 20 heavy (non-hydrogen) atoms. The summed E-state index contributed by atoms with van der Waals surface area (Å²) in [6, 6.07) is 1.94. The highest BCUT2D eigenvalue weighted by Gasteiger charge is 2.23. The molecule has 1 atom stereocenters. The van der Waals surface area contributed by atoms with E-state index in [1.54, 1.807) is 6.07 Å². The zero-order valence-corrected chi connectivity index (χ0v) is 12.3. The van der Waals surface area contributed by atoms with Gasteiger partial charge in [-0.1, -0.05) is 11.8 Å². The molecule has 0 bridgehead atoms. The molecule has 1 aliphatic rings. The lowest BCUT2D eigenvalue weighted by atomic mass is 9.93. The van der Waals surface area contributed by atoms with Crippen LogP contribution in [0.25, 0.3) is 0 Å². The molecular weight excluding hydrogens is 274 g/mol. The fourth-order valence-corrected chi connectivity index (χ4v) is 3.08. The highest BCUT2D eigenvalue weighted by atomic mass is 32.1. The minimum Gasteiger partial charge on any atom is -0.384 e. The van der Waals surface area contributed by atoms with Crippen molar-refractivity contribution in [3.05, 3.63) is 21.9 Å². The summed E-state index contributed by atoms with van der Waals surface area (Å²) in [4.78, 5) is 12.9. The number of thiophene rings is 1. The van der Waals surface area contributed by atoms with Crippen molar-refractivity contribution in [2.45, 2.75) is 25.8 Å². The number of carbonyl (C=O) groups excluding carboxylic acids is 1. The summed E-state index contributed by atoms with van der Waals surface area (Å²) in [5.41, 5.74) is 0.681. The molecule has 0 radical (unpaired) electrons. The molecule has 0 aromatic carbocycles. The number of ether oxygens (including phenoxy) is 1. The average Bonchev–Trinajstić information content (AvgIpc) is 2.94. The molecule has 1 amide bonds. The smallest absolute Gasteiger partial charge is 0.262 e. The first-order chi connectivity index (χ1) is 9.72. The van der Waals surface area contributed by atoms with Gasteiger partial charge in [0.2, 0.25) is 0 Å². The number of aliphatic hydroxyl groups is 1. The minimum absolute atomic E-state index is 0.0822. The fraction of sp³-hybridized carbons (Fsp3) is 0.533. The summed E-state index contributed by atoms with van der Waals surface area (Å²) in [6.45, 7) is 3.39. The van der Waals surface area contributed by atoms with Gasteiger partial charge in [-0.3, -0.25) is 4.79 Å². The Labute approximate surface area is 123 Å². The number of aliphatic hydroxyl groups excluding tert-OH is 1. The molecule has 1 fully saturated rings. The molecule has 5 heteroatoms. The third kappa shape index (κ3) is 3.83. The lowest BCUT2D eigenvalue weighted by molar-refractivity contribution is 0.0539. The Kier molecular flexibility index (Phi) is 5.60. The monoisotopic (exact) mass is 293 g/mol. The molecular formula is C15H19NO3S. The van der Waals surface area contributed by atoms with E-state index >= 15 is 0 Å². The maximum absolute atomic E-state index is 12.3. The van der Waals surface area contributed by atoms with E-state index in [0.29, 0.717) is 16.4 Å². The van der Waals surface area contributed by atoms with Gasteiger partial charge in [-0.25, -0.2) is 0 Å². The average molecular weight is 293 g/mol. The molecule has 1 aromatic rings. The summed E-state index contributed by atoms with van der Waals surface area (Å²) in [5, 5.41) is 13.6. The van der Waals surface area contributed by atoms with Crippen LogP contribution in [0.15, 0.2) is 11.4 Å². The van der Waals surface area contributed by atoms with Crippen LogP contribution in [-0.4, -0.2) is 36.9 Å². The van der Waals surface area contributed by atoms with Gasteiger partial charge < -0.3 is 15.2 Å². The third-order valence-corrected chi connectivity index (χ3v) is 4.42. The van der Waals surface area contributed by atoms with Crippen molar-refractivity contribution in [2.24, 2.45) is 5.92 Å². The van der Waals surface area contributed by atoms with E-state index in [9.17, 15) is 4.79 Å². The summed E-state index contributed by atoms with van der Waals surface area (Å²) in [6.07, 6.45) is 1.98. The number of nitrogens with one attached hydrogen (secondary N) is 1. The van der Waals surface area contributed by atoms with Gasteiger partial charge in [-0.2, -0.15) is 0 Å². The van der Waals surface area contributed by atoms with Crippen LogP contribution in [0.5, 0.6) is 0 Å². The molecule has 4 nitrogen and oxygen atoms in total. The van der Waals surface area contributed by atoms with Crippen LogP contribution < -0.4 is 5.32 Å². The second-order valence-corrected chi connectivity index (χ2v) is 5.75. The molecule has 1 saturated heterocycles. The number of hydrogen-bond acceptors (Lipinski definition) is 4. The molecule has 2 heterocycles. The Hall–Kier alpha value is -1.35. The van der Waals surface area contributed by atoms with Gasteiger partial charge >= 0.3 is 0 Å². The minimum atomic E-state index is -0.199. The van der Waals surface area contributed by atoms with E-state index in [-0.39, 0.29) is 18.6 Å². The summed E-state index contributed by atoms with van der Waals surface area (Å²) in [5.74, 6) is 5.77. The van der Waals surface area contributed by atoms with E-state index in [4.69, 9.17) is 9.84 Å². The first-order valence-corrected chi connectivity index (χ1v) is 7.66. The SMILES string of the molecule is CC(NC(=O)c1sccc1C#CCO)C1CCOCC1. The number of carbonyl (C=O) groups is 1. The van der Waals surface area contributed by atoms with Crippen LogP contribution in [-0.2, 0) is 4.74 Å². The Morgan fingerprint density at radius 1 is 1.60 bits per heavy atom. The van der Waals surface area contributed by atoms with E-state index in [0.717, 1.165) is 26.1 Å².